The molecular formula is C24H31FN8. The first-order chi connectivity index (χ1) is 16.1. The summed E-state index contributed by atoms with van der Waals surface area (Å²) in [5, 5.41) is 8.89. The normalized spacial score (nSPS) is 25.3. The highest BCUT2D eigenvalue weighted by Crippen LogP contribution is 2.36. The molecule has 174 valence electrons. The topological polar surface area (TPSA) is 88.1 Å². The molecule has 3 saturated heterocycles. The highest BCUT2D eigenvalue weighted by atomic mass is 19.1. The van der Waals surface area contributed by atoms with Gasteiger partial charge in [-0.3, -0.25) is 9.80 Å². The Morgan fingerprint density at radius 3 is 2.61 bits per heavy atom. The maximum Gasteiger partial charge on any atom is 0.164 e. The number of benzene rings is 1. The molecule has 5 heterocycles. The van der Waals surface area contributed by atoms with E-state index in [1.807, 2.05) is 31.2 Å². The van der Waals surface area contributed by atoms with Gasteiger partial charge in [-0.25, -0.2) is 19.0 Å². The molecule has 2 atom stereocenters. The number of nitrogens with zero attached hydrogens (tertiary/aromatic N) is 6. The smallest absolute Gasteiger partial charge is 0.164 e. The van der Waals surface area contributed by atoms with Gasteiger partial charge < -0.3 is 11.1 Å². The van der Waals surface area contributed by atoms with Gasteiger partial charge in [0, 0.05) is 57.4 Å². The van der Waals surface area contributed by atoms with Gasteiger partial charge in [-0.1, -0.05) is 29.8 Å². The minimum atomic E-state index is -1.01. The SMILES string of the molecule is Cc1ccc(-c2nn([C@@H]3CCN(C4CN(CC5CNC5)C4)C[C@H]3F)c3ncnc(N)c23)cc1. The van der Waals surface area contributed by atoms with Crippen LogP contribution in [-0.2, 0) is 0 Å². The minimum absolute atomic E-state index is 0.352. The number of hydrogen-bond donors (Lipinski definition) is 2. The summed E-state index contributed by atoms with van der Waals surface area (Å²) in [4.78, 5) is 13.5. The summed E-state index contributed by atoms with van der Waals surface area (Å²) in [6.45, 7) is 8.91. The summed E-state index contributed by atoms with van der Waals surface area (Å²) in [7, 11) is 0. The predicted molar refractivity (Wildman–Crippen MR) is 127 cm³/mol. The minimum Gasteiger partial charge on any atom is -0.383 e. The molecule has 8 nitrogen and oxygen atoms in total. The summed E-state index contributed by atoms with van der Waals surface area (Å²) in [5.41, 5.74) is 9.68. The number of anilines is 1. The number of piperidine rings is 1. The zero-order chi connectivity index (χ0) is 22.5. The highest BCUT2D eigenvalue weighted by molar-refractivity contribution is 5.98. The molecule has 3 N–H and O–H groups in total. The Balaban J connectivity index is 1.21. The fourth-order valence-electron chi connectivity index (χ4n) is 5.43. The molecule has 6 rings (SSSR count). The molecule has 1 aromatic carbocycles. The van der Waals surface area contributed by atoms with Crippen molar-refractivity contribution in [2.45, 2.75) is 31.6 Å². The van der Waals surface area contributed by atoms with Gasteiger partial charge in [-0.2, -0.15) is 5.10 Å². The lowest BCUT2D eigenvalue weighted by molar-refractivity contribution is -0.0201. The van der Waals surface area contributed by atoms with E-state index in [0.29, 0.717) is 35.9 Å². The van der Waals surface area contributed by atoms with Crippen LogP contribution in [-0.4, -0.2) is 87.6 Å². The average molecular weight is 451 g/mol. The van der Waals surface area contributed by atoms with Gasteiger partial charge in [0.25, 0.3) is 0 Å². The monoisotopic (exact) mass is 450 g/mol. The molecule has 33 heavy (non-hydrogen) atoms. The number of halogens is 1. The van der Waals surface area contributed by atoms with E-state index >= 15 is 4.39 Å². The van der Waals surface area contributed by atoms with Crippen LogP contribution in [0.15, 0.2) is 30.6 Å². The molecule has 0 spiro atoms. The zero-order valence-corrected chi connectivity index (χ0v) is 19.0. The number of hydrogen-bond acceptors (Lipinski definition) is 7. The van der Waals surface area contributed by atoms with Gasteiger partial charge in [0.2, 0.25) is 0 Å². The molecule has 3 fully saturated rings. The maximum absolute atomic E-state index is 15.6. The molecule has 0 bridgehead atoms. The second kappa shape index (κ2) is 8.30. The third-order valence-corrected chi connectivity index (χ3v) is 7.53. The lowest BCUT2D eigenvalue weighted by atomic mass is 9.96. The molecule has 3 aromatic rings. The summed E-state index contributed by atoms with van der Waals surface area (Å²) in [6, 6.07) is 8.24. The van der Waals surface area contributed by atoms with Gasteiger partial charge in [0.1, 0.15) is 24.0 Å². The van der Waals surface area contributed by atoms with Crippen molar-refractivity contribution < 1.29 is 4.39 Å². The van der Waals surface area contributed by atoms with E-state index in [1.165, 1.54) is 18.4 Å². The number of nitrogen functional groups attached to an aromatic ring is 1. The molecular weight excluding hydrogens is 419 g/mol. The van der Waals surface area contributed by atoms with Crippen LogP contribution in [0.4, 0.5) is 10.2 Å². The highest BCUT2D eigenvalue weighted by Gasteiger charge is 2.40. The Morgan fingerprint density at radius 1 is 1.12 bits per heavy atom. The van der Waals surface area contributed by atoms with Crippen LogP contribution >= 0.6 is 0 Å². The van der Waals surface area contributed by atoms with Crippen LogP contribution in [0.2, 0.25) is 0 Å². The first-order valence-electron chi connectivity index (χ1n) is 11.9. The van der Waals surface area contributed by atoms with Crippen molar-refractivity contribution in [1.29, 1.82) is 0 Å². The van der Waals surface area contributed by atoms with Crippen LogP contribution in [0.25, 0.3) is 22.3 Å². The van der Waals surface area contributed by atoms with Crippen molar-refractivity contribution in [2.75, 3.05) is 51.5 Å². The lowest BCUT2D eigenvalue weighted by Gasteiger charge is -2.49. The predicted octanol–water partition coefficient (Wildman–Crippen LogP) is 1.87. The van der Waals surface area contributed by atoms with Crippen LogP contribution in [0.1, 0.15) is 18.0 Å². The van der Waals surface area contributed by atoms with E-state index in [1.54, 1.807) is 4.68 Å². The number of aryl methyl sites for hydroxylation is 1. The first kappa shape index (κ1) is 20.9. The number of likely N-dealkylation sites (tertiary alicyclic amines) is 2. The van der Waals surface area contributed by atoms with Gasteiger partial charge in [-0.05, 0) is 19.3 Å². The molecule has 0 aliphatic carbocycles. The van der Waals surface area contributed by atoms with Crippen molar-refractivity contribution in [3.8, 4) is 11.3 Å². The standard InChI is InChI=1S/C24H31FN8/c1-15-2-4-17(5-3-15)22-21-23(26)28-14-29-24(21)33(30-22)20-6-7-32(13-19(20)25)18-11-31(12-18)10-16-8-27-9-16/h2-5,14,16,18-20,27H,6-13H2,1H3,(H2,26,28,29)/t19-,20-/m1/s1. The third-order valence-electron chi connectivity index (χ3n) is 7.53. The first-order valence-corrected chi connectivity index (χ1v) is 11.9. The Hall–Kier alpha value is -2.62. The summed E-state index contributed by atoms with van der Waals surface area (Å²) < 4.78 is 17.3. The van der Waals surface area contributed by atoms with Crippen LogP contribution in [0.3, 0.4) is 0 Å². The second-order valence-electron chi connectivity index (χ2n) is 9.88. The molecule has 3 aliphatic rings. The number of alkyl halides is 1. The molecule has 3 aliphatic heterocycles. The van der Waals surface area contributed by atoms with Crippen molar-refractivity contribution >= 4 is 16.9 Å². The molecule has 0 saturated carbocycles. The molecule has 0 radical (unpaired) electrons. The number of aromatic nitrogens is 4. The fraction of sp³-hybridized carbons (Fsp3) is 0.542. The number of nitrogens with one attached hydrogen (secondary N) is 1. The fourth-order valence-corrected chi connectivity index (χ4v) is 5.43. The van der Waals surface area contributed by atoms with Gasteiger partial charge in [0.15, 0.2) is 5.65 Å². The molecule has 2 aromatic heterocycles. The summed E-state index contributed by atoms with van der Waals surface area (Å²) in [5.74, 6) is 1.17. The van der Waals surface area contributed by atoms with Gasteiger partial charge in [0.05, 0.1) is 11.4 Å². The largest absolute Gasteiger partial charge is 0.383 e. The van der Waals surface area contributed by atoms with Crippen LogP contribution in [0, 0.1) is 12.8 Å². The lowest BCUT2D eigenvalue weighted by Crippen LogP contribution is -2.64. The van der Waals surface area contributed by atoms with E-state index in [9.17, 15) is 0 Å². The Kier molecular flexibility index (Phi) is 5.27. The van der Waals surface area contributed by atoms with E-state index in [2.05, 4.69) is 25.1 Å². The Labute approximate surface area is 193 Å². The van der Waals surface area contributed by atoms with Crippen molar-refractivity contribution in [2.24, 2.45) is 5.92 Å². The zero-order valence-electron chi connectivity index (χ0n) is 19.0. The average Bonchev–Trinajstić information content (AvgIpc) is 3.13. The van der Waals surface area contributed by atoms with Crippen LogP contribution < -0.4 is 11.1 Å². The summed E-state index contributed by atoms with van der Waals surface area (Å²) >= 11 is 0. The Morgan fingerprint density at radius 2 is 1.91 bits per heavy atom. The number of fused-ring (bicyclic) bond motifs is 1. The molecule has 0 amide bonds. The van der Waals surface area contributed by atoms with Gasteiger partial charge in [-0.15, -0.1) is 0 Å². The van der Waals surface area contributed by atoms with Crippen molar-refractivity contribution in [3.05, 3.63) is 36.2 Å². The van der Waals surface area contributed by atoms with Crippen LogP contribution in [0.5, 0.6) is 0 Å². The van der Waals surface area contributed by atoms with E-state index in [4.69, 9.17) is 10.8 Å². The number of rotatable bonds is 5. The Bertz CT molecular complexity index is 1140. The maximum atomic E-state index is 15.6. The van der Waals surface area contributed by atoms with Crippen molar-refractivity contribution in [3.63, 3.8) is 0 Å². The van der Waals surface area contributed by atoms with E-state index < -0.39 is 6.17 Å². The molecule has 0 unspecified atom stereocenters. The van der Waals surface area contributed by atoms with E-state index in [0.717, 1.165) is 49.9 Å². The second-order valence-corrected chi connectivity index (χ2v) is 9.88. The van der Waals surface area contributed by atoms with Gasteiger partial charge >= 0.3 is 0 Å². The third kappa shape index (κ3) is 3.78. The van der Waals surface area contributed by atoms with Crippen molar-refractivity contribution in [1.82, 2.24) is 34.9 Å². The quantitative estimate of drug-likeness (QED) is 0.614. The number of nitrogens with two attached hydrogens (primary N) is 1. The summed E-state index contributed by atoms with van der Waals surface area (Å²) in [6.07, 6.45) is 1.14. The molecule has 9 heteroatoms. The van der Waals surface area contributed by atoms with E-state index in [-0.39, 0.29) is 6.04 Å².